The maximum absolute atomic E-state index is 13.7. The number of benzene rings is 2. The maximum Gasteiger partial charge on any atom is 0.244 e. The lowest BCUT2D eigenvalue weighted by Gasteiger charge is -2.33. The monoisotopic (exact) mass is 517 g/mol. The van der Waals surface area contributed by atoms with Crippen LogP contribution in [0, 0.1) is 6.92 Å². The Morgan fingerprint density at radius 1 is 1.06 bits per heavy atom. The van der Waals surface area contributed by atoms with Crippen molar-refractivity contribution in [1.82, 2.24) is 10.2 Å². The fourth-order valence-electron chi connectivity index (χ4n) is 4.06. The molecule has 0 aromatic heterocycles. The minimum Gasteiger partial charge on any atom is -0.486 e. The number of carbonyl (C=O) groups is 2. The van der Waals surface area contributed by atoms with E-state index < -0.39 is 28.5 Å². The van der Waals surface area contributed by atoms with Crippen molar-refractivity contribution >= 4 is 27.5 Å². The number of hydrogen-bond donors (Lipinski definition) is 1. The summed E-state index contributed by atoms with van der Waals surface area (Å²) in [6, 6.07) is 11.6. The number of anilines is 1. The average molecular weight is 518 g/mol. The summed E-state index contributed by atoms with van der Waals surface area (Å²) in [5, 5.41) is 2.87. The highest BCUT2D eigenvalue weighted by atomic mass is 32.2. The van der Waals surface area contributed by atoms with Crippen LogP contribution in [-0.2, 0) is 26.2 Å². The zero-order chi connectivity index (χ0) is 26.3. The molecule has 0 bridgehead atoms. The smallest absolute Gasteiger partial charge is 0.244 e. The van der Waals surface area contributed by atoms with Crippen LogP contribution in [0.5, 0.6) is 11.5 Å². The third-order valence-electron chi connectivity index (χ3n) is 6.03. The van der Waals surface area contributed by atoms with Crippen LogP contribution in [0.3, 0.4) is 0 Å². The van der Waals surface area contributed by atoms with Gasteiger partial charge in [0.25, 0.3) is 0 Å². The second kappa shape index (κ2) is 12.1. The second-order valence-electron chi connectivity index (χ2n) is 8.76. The van der Waals surface area contributed by atoms with Crippen molar-refractivity contribution < 1.29 is 27.5 Å². The van der Waals surface area contributed by atoms with Gasteiger partial charge in [0, 0.05) is 19.2 Å². The van der Waals surface area contributed by atoms with E-state index in [1.807, 2.05) is 45.0 Å². The van der Waals surface area contributed by atoms with Crippen LogP contribution in [-0.4, -0.2) is 63.7 Å². The van der Waals surface area contributed by atoms with Gasteiger partial charge in [-0.15, -0.1) is 0 Å². The number of hydrogen-bond acceptors (Lipinski definition) is 6. The first-order valence-electron chi connectivity index (χ1n) is 12.1. The van der Waals surface area contributed by atoms with Gasteiger partial charge >= 0.3 is 0 Å². The molecule has 1 heterocycles. The van der Waals surface area contributed by atoms with Crippen LogP contribution in [0.25, 0.3) is 0 Å². The molecule has 196 valence electrons. The number of nitrogens with zero attached hydrogens (tertiary/aromatic N) is 2. The first-order chi connectivity index (χ1) is 17.2. The molecule has 0 radical (unpaired) electrons. The Morgan fingerprint density at radius 3 is 2.39 bits per heavy atom. The molecule has 0 fully saturated rings. The molecule has 1 aliphatic rings. The van der Waals surface area contributed by atoms with Gasteiger partial charge in [-0.2, -0.15) is 0 Å². The number of fused-ring (bicyclic) bond motifs is 1. The van der Waals surface area contributed by atoms with E-state index in [0.29, 0.717) is 37.7 Å². The molecule has 0 unspecified atom stereocenters. The Morgan fingerprint density at radius 2 is 1.75 bits per heavy atom. The molecule has 0 saturated heterocycles. The van der Waals surface area contributed by atoms with Crippen molar-refractivity contribution in [3.05, 3.63) is 53.6 Å². The van der Waals surface area contributed by atoms with Crippen molar-refractivity contribution in [2.75, 3.05) is 36.9 Å². The number of ether oxygens (including phenoxy) is 2. The molecule has 0 aliphatic carbocycles. The van der Waals surface area contributed by atoms with Crippen molar-refractivity contribution in [1.29, 1.82) is 0 Å². The van der Waals surface area contributed by atoms with E-state index in [0.717, 1.165) is 28.1 Å². The Balaban J connectivity index is 1.95. The van der Waals surface area contributed by atoms with Crippen molar-refractivity contribution in [2.24, 2.45) is 0 Å². The second-order valence-corrected chi connectivity index (χ2v) is 10.7. The number of carbonyl (C=O) groups excluding carboxylic acids is 2. The van der Waals surface area contributed by atoms with E-state index in [9.17, 15) is 18.0 Å². The lowest BCUT2D eigenvalue weighted by atomic mass is 10.1. The van der Waals surface area contributed by atoms with E-state index in [4.69, 9.17) is 9.47 Å². The first kappa shape index (κ1) is 27.3. The standard InChI is InChI=1S/C26H35N3O6S/c1-5-13-27-26(31)22(6-2)28(17-20-10-8-7-9-19(20)3)25(30)18-29(36(4,32)33)21-11-12-23-24(16-21)35-15-14-34-23/h7-12,16,22H,5-6,13-15,17-18H2,1-4H3,(H,27,31)/t22-/m1/s1. The predicted octanol–water partition coefficient (Wildman–Crippen LogP) is 2.87. The van der Waals surface area contributed by atoms with Gasteiger partial charge in [-0.1, -0.05) is 38.1 Å². The summed E-state index contributed by atoms with van der Waals surface area (Å²) in [4.78, 5) is 28.2. The third kappa shape index (κ3) is 6.69. The molecule has 3 rings (SSSR count). The molecule has 1 atom stereocenters. The van der Waals surface area contributed by atoms with Gasteiger partial charge in [0.05, 0.1) is 11.9 Å². The number of rotatable bonds is 11. The quantitative estimate of drug-likeness (QED) is 0.492. The lowest BCUT2D eigenvalue weighted by Crippen LogP contribution is -2.52. The van der Waals surface area contributed by atoms with Gasteiger partial charge in [0.1, 0.15) is 25.8 Å². The Bertz CT molecular complexity index is 1180. The highest BCUT2D eigenvalue weighted by Crippen LogP contribution is 2.34. The molecule has 1 N–H and O–H groups in total. The van der Waals surface area contributed by atoms with Crippen molar-refractivity contribution in [2.45, 2.75) is 46.2 Å². The number of sulfonamides is 1. The van der Waals surface area contributed by atoms with Gasteiger partial charge in [-0.05, 0) is 43.0 Å². The summed E-state index contributed by atoms with van der Waals surface area (Å²) >= 11 is 0. The van der Waals surface area contributed by atoms with Crippen molar-refractivity contribution in [3.8, 4) is 11.5 Å². The SMILES string of the molecule is CCCNC(=O)[C@@H](CC)N(Cc1ccccc1C)C(=O)CN(c1ccc2c(c1)OCCO2)S(C)(=O)=O. The molecular weight excluding hydrogens is 482 g/mol. The largest absolute Gasteiger partial charge is 0.486 e. The summed E-state index contributed by atoms with van der Waals surface area (Å²) in [5.41, 5.74) is 2.15. The molecule has 2 aromatic carbocycles. The van der Waals surface area contributed by atoms with Gasteiger partial charge in [0.15, 0.2) is 11.5 Å². The molecule has 2 aromatic rings. The van der Waals surface area contributed by atoms with Crippen LogP contribution in [0.1, 0.15) is 37.8 Å². The highest BCUT2D eigenvalue weighted by molar-refractivity contribution is 7.92. The number of aryl methyl sites for hydroxylation is 1. The molecular formula is C26H35N3O6S. The fourth-order valence-corrected chi connectivity index (χ4v) is 4.90. The van der Waals surface area contributed by atoms with Gasteiger partial charge in [0.2, 0.25) is 21.8 Å². The summed E-state index contributed by atoms with van der Waals surface area (Å²) in [6.45, 7) is 6.71. The van der Waals surface area contributed by atoms with E-state index >= 15 is 0 Å². The third-order valence-corrected chi connectivity index (χ3v) is 7.17. The van der Waals surface area contributed by atoms with Crippen LogP contribution in [0.2, 0.25) is 0 Å². The summed E-state index contributed by atoms with van der Waals surface area (Å²) < 4.78 is 37.7. The van der Waals surface area contributed by atoms with E-state index in [2.05, 4.69) is 5.32 Å². The topological polar surface area (TPSA) is 105 Å². The zero-order valence-corrected chi connectivity index (χ0v) is 22.1. The molecule has 1 aliphatic heterocycles. The summed E-state index contributed by atoms with van der Waals surface area (Å²) in [7, 11) is -3.83. The van der Waals surface area contributed by atoms with Crippen molar-refractivity contribution in [3.63, 3.8) is 0 Å². The van der Waals surface area contributed by atoms with Gasteiger partial charge in [-0.3, -0.25) is 13.9 Å². The fraction of sp³-hybridized carbons (Fsp3) is 0.462. The normalized spacial score (nSPS) is 13.6. The Labute approximate surface area is 213 Å². The number of nitrogens with one attached hydrogen (secondary N) is 1. The predicted molar refractivity (Wildman–Crippen MR) is 139 cm³/mol. The lowest BCUT2D eigenvalue weighted by molar-refractivity contribution is -0.140. The Hall–Kier alpha value is -3.27. The van der Waals surface area contributed by atoms with Crippen LogP contribution < -0.4 is 19.1 Å². The highest BCUT2D eigenvalue weighted by Gasteiger charge is 2.32. The minimum absolute atomic E-state index is 0.183. The van der Waals surface area contributed by atoms with Gasteiger partial charge in [-0.25, -0.2) is 8.42 Å². The molecule has 36 heavy (non-hydrogen) atoms. The molecule has 10 heteroatoms. The van der Waals surface area contributed by atoms with Gasteiger partial charge < -0.3 is 19.7 Å². The minimum atomic E-state index is -3.83. The van der Waals surface area contributed by atoms with E-state index in [-0.39, 0.29) is 18.1 Å². The molecule has 9 nitrogen and oxygen atoms in total. The zero-order valence-electron chi connectivity index (χ0n) is 21.3. The molecule has 0 spiro atoms. The summed E-state index contributed by atoms with van der Waals surface area (Å²) in [6.07, 6.45) is 2.20. The average Bonchev–Trinajstić information content (AvgIpc) is 2.85. The van der Waals surface area contributed by atoms with E-state index in [1.54, 1.807) is 18.2 Å². The molecule has 0 saturated carbocycles. The number of amides is 2. The maximum atomic E-state index is 13.7. The Kier molecular flexibility index (Phi) is 9.19. The first-order valence-corrected chi connectivity index (χ1v) is 14.0. The summed E-state index contributed by atoms with van der Waals surface area (Å²) in [5.74, 6) is 0.204. The van der Waals surface area contributed by atoms with Crippen LogP contribution >= 0.6 is 0 Å². The molecule has 2 amide bonds. The van der Waals surface area contributed by atoms with Crippen LogP contribution in [0.15, 0.2) is 42.5 Å². The van der Waals surface area contributed by atoms with Crippen LogP contribution in [0.4, 0.5) is 5.69 Å². The van der Waals surface area contributed by atoms with E-state index in [1.165, 1.54) is 4.90 Å².